The first-order valence-electron chi connectivity index (χ1n) is 6.57. The molecule has 0 bridgehead atoms. The van der Waals surface area contributed by atoms with Crippen LogP contribution in [0.15, 0.2) is 24.3 Å². The van der Waals surface area contributed by atoms with Crippen molar-refractivity contribution in [3.05, 3.63) is 24.3 Å². The van der Waals surface area contributed by atoms with E-state index in [4.69, 9.17) is 4.74 Å². The van der Waals surface area contributed by atoms with Gasteiger partial charge in [-0.1, -0.05) is 0 Å². The van der Waals surface area contributed by atoms with Gasteiger partial charge in [0.25, 0.3) is 0 Å². The zero-order chi connectivity index (χ0) is 13.7. The highest BCUT2D eigenvalue weighted by atomic mass is 32.2. The number of nitrogens with one attached hydrogen (secondary N) is 2. The van der Waals surface area contributed by atoms with Crippen molar-refractivity contribution < 1.29 is 13.2 Å². The molecular weight excluding hydrogens is 264 g/mol. The van der Waals surface area contributed by atoms with Gasteiger partial charge in [-0.3, -0.25) is 4.72 Å². The Morgan fingerprint density at radius 1 is 1.37 bits per heavy atom. The lowest BCUT2D eigenvalue weighted by molar-refractivity contribution is 0.340. The maximum Gasteiger partial charge on any atom is 0.236 e. The summed E-state index contributed by atoms with van der Waals surface area (Å²) in [5.74, 6) is 0.741. The molecule has 106 valence electrons. The van der Waals surface area contributed by atoms with Crippen molar-refractivity contribution in [3.8, 4) is 5.75 Å². The van der Waals surface area contributed by atoms with Crippen LogP contribution in [-0.4, -0.2) is 33.4 Å². The van der Waals surface area contributed by atoms with Gasteiger partial charge in [0.05, 0.1) is 11.9 Å². The monoisotopic (exact) mass is 284 g/mol. The molecular formula is C13H20N2O3S. The van der Waals surface area contributed by atoms with Gasteiger partial charge < -0.3 is 10.1 Å². The van der Waals surface area contributed by atoms with E-state index in [1.165, 1.54) is 0 Å². The lowest BCUT2D eigenvalue weighted by Crippen LogP contribution is -2.41. The molecule has 1 saturated heterocycles. The SMILES string of the molecule is CCOc1ccc(NS(=O)(=O)C2CCCNC2)cc1. The first-order chi connectivity index (χ1) is 9.12. The predicted molar refractivity (Wildman–Crippen MR) is 76.0 cm³/mol. The van der Waals surface area contributed by atoms with Crippen LogP contribution in [0.2, 0.25) is 0 Å². The summed E-state index contributed by atoms with van der Waals surface area (Å²) in [7, 11) is -3.31. The minimum absolute atomic E-state index is 0.354. The lowest BCUT2D eigenvalue weighted by atomic mass is 10.2. The van der Waals surface area contributed by atoms with Crippen molar-refractivity contribution in [3.63, 3.8) is 0 Å². The second-order valence-corrected chi connectivity index (χ2v) is 6.53. The molecule has 0 amide bonds. The highest BCUT2D eigenvalue weighted by molar-refractivity contribution is 7.93. The summed E-state index contributed by atoms with van der Waals surface area (Å²) in [4.78, 5) is 0. The number of benzene rings is 1. The van der Waals surface area contributed by atoms with Crippen LogP contribution in [0.3, 0.4) is 0 Å². The number of rotatable bonds is 5. The zero-order valence-electron chi connectivity index (χ0n) is 11.1. The molecule has 1 unspecified atom stereocenters. The van der Waals surface area contributed by atoms with Crippen molar-refractivity contribution in [2.75, 3.05) is 24.4 Å². The van der Waals surface area contributed by atoms with Crippen LogP contribution in [0, 0.1) is 0 Å². The maximum absolute atomic E-state index is 12.2. The van der Waals surface area contributed by atoms with Crippen LogP contribution in [0.25, 0.3) is 0 Å². The first-order valence-corrected chi connectivity index (χ1v) is 8.11. The Balaban J connectivity index is 2.02. The van der Waals surface area contributed by atoms with Crippen LogP contribution >= 0.6 is 0 Å². The molecule has 0 spiro atoms. The molecule has 1 aromatic carbocycles. The largest absolute Gasteiger partial charge is 0.494 e. The molecule has 19 heavy (non-hydrogen) atoms. The van der Waals surface area contributed by atoms with Crippen LogP contribution < -0.4 is 14.8 Å². The average molecular weight is 284 g/mol. The Labute approximate surface area is 114 Å². The Kier molecular flexibility index (Phi) is 4.66. The first kappa shape index (κ1) is 14.1. The Morgan fingerprint density at radius 2 is 2.11 bits per heavy atom. The van der Waals surface area contributed by atoms with Crippen LogP contribution in [0.5, 0.6) is 5.75 Å². The summed E-state index contributed by atoms with van der Waals surface area (Å²) < 4.78 is 32.3. The minimum atomic E-state index is -3.31. The molecule has 2 rings (SSSR count). The van der Waals surface area contributed by atoms with E-state index >= 15 is 0 Å². The van der Waals surface area contributed by atoms with E-state index in [9.17, 15) is 8.42 Å². The van der Waals surface area contributed by atoms with Crippen molar-refractivity contribution in [2.24, 2.45) is 0 Å². The van der Waals surface area contributed by atoms with Crippen molar-refractivity contribution in [1.82, 2.24) is 5.32 Å². The highest BCUT2D eigenvalue weighted by Gasteiger charge is 2.26. The quantitative estimate of drug-likeness (QED) is 0.861. The maximum atomic E-state index is 12.2. The molecule has 0 radical (unpaired) electrons. The van der Waals surface area contributed by atoms with Crippen LogP contribution in [0.4, 0.5) is 5.69 Å². The zero-order valence-corrected chi connectivity index (χ0v) is 11.9. The fourth-order valence-corrected chi connectivity index (χ4v) is 3.56. The van der Waals surface area contributed by atoms with Gasteiger partial charge in [0, 0.05) is 12.2 Å². The molecule has 1 aromatic rings. The number of sulfonamides is 1. The predicted octanol–water partition coefficient (Wildman–Crippen LogP) is 1.58. The van der Waals surface area contributed by atoms with Crippen LogP contribution in [-0.2, 0) is 10.0 Å². The number of hydrogen-bond donors (Lipinski definition) is 2. The molecule has 1 heterocycles. The summed E-state index contributed by atoms with van der Waals surface area (Å²) in [6.45, 7) is 3.92. The third-order valence-electron chi connectivity index (χ3n) is 3.12. The average Bonchev–Trinajstić information content (AvgIpc) is 2.42. The van der Waals surface area contributed by atoms with E-state index in [1.54, 1.807) is 24.3 Å². The molecule has 1 aliphatic heterocycles. The fourth-order valence-electron chi connectivity index (χ4n) is 2.12. The van der Waals surface area contributed by atoms with E-state index in [1.807, 2.05) is 6.92 Å². The summed E-state index contributed by atoms with van der Waals surface area (Å²) >= 11 is 0. The van der Waals surface area contributed by atoms with Gasteiger partial charge >= 0.3 is 0 Å². The van der Waals surface area contributed by atoms with E-state index in [0.29, 0.717) is 25.3 Å². The number of hydrogen-bond acceptors (Lipinski definition) is 4. The number of ether oxygens (including phenoxy) is 1. The van der Waals surface area contributed by atoms with E-state index in [2.05, 4.69) is 10.0 Å². The Morgan fingerprint density at radius 3 is 2.68 bits per heavy atom. The van der Waals surface area contributed by atoms with E-state index < -0.39 is 10.0 Å². The molecule has 5 nitrogen and oxygen atoms in total. The van der Waals surface area contributed by atoms with Crippen molar-refractivity contribution in [2.45, 2.75) is 25.0 Å². The summed E-state index contributed by atoms with van der Waals surface area (Å²) in [5, 5.41) is 2.76. The third kappa shape index (κ3) is 3.84. The van der Waals surface area contributed by atoms with Gasteiger partial charge in [-0.05, 0) is 50.6 Å². The molecule has 2 N–H and O–H groups in total. The van der Waals surface area contributed by atoms with E-state index in [-0.39, 0.29) is 5.25 Å². The van der Waals surface area contributed by atoms with Gasteiger partial charge in [-0.15, -0.1) is 0 Å². The Hall–Kier alpha value is -1.27. The summed E-state index contributed by atoms with van der Waals surface area (Å²) in [6, 6.07) is 6.97. The van der Waals surface area contributed by atoms with Gasteiger partial charge in [0.2, 0.25) is 10.0 Å². The molecule has 0 aliphatic carbocycles. The van der Waals surface area contributed by atoms with Gasteiger partial charge in [-0.25, -0.2) is 8.42 Å². The second kappa shape index (κ2) is 6.25. The third-order valence-corrected chi connectivity index (χ3v) is 4.92. The van der Waals surface area contributed by atoms with Gasteiger partial charge in [-0.2, -0.15) is 0 Å². The Bertz CT molecular complexity index is 493. The molecule has 1 aliphatic rings. The molecule has 1 fully saturated rings. The van der Waals surface area contributed by atoms with Gasteiger partial charge in [0.1, 0.15) is 5.75 Å². The molecule has 0 aromatic heterocycles. The smallest absolute Gasteiger partial charge is 0.236 e. The summed E-state index contributed by atoms with van der Waals surface area (Å²) in [6.07, 6.45) is 1.61. The van der Waals surface area contributed by atoms with Gasteiger partial charge in [0.15, 0.2) is 0 Å². The standard InChI is InChI=1S/C13H20N2O3S/c1-2-18-12-7-5-11(6-8-12)15-19(16,17)13-4-3-9-14-10-13/h5-8,13-15H,2-4,9-10H2,1H3. The van der Waals surface area contributed by atoms with E-state index in [0.717, 1.165) is 18.7 Å². The number of anilines is 1. The molecule has 1 atom stereocenters. The fraction of sp³-hybridized carbons (Fsp3) is 0.538. The second-order valence-electron chi connectivity index (χ2n) is 4.57. The molecule has 6 heteroatoms. The van der Waals surface area contributed by atoms with Crippen molar-refractivity contribution in [1.29, 1.82) is 0 Å². The van der Waals surface area contributed by atoms with Crippen molar-refractivity contribution >= 4 is 15.7 Å². The lowest BCUT2D eigenvalue weighted by Gasteiger charge is -2.23. The normalized spacial score (nSPS) is 19.9. The number of piperidine rings is 1. The van der Waals surface area contributed by atoms with Crippen LogP contribution in [0.1, 0.15) is 19.8 Å². The topological polar surface area (TPSA) is 67.4 Å². The minimum Gasteiger partial charge on any atom is -0.494 e. The summed E-state index contributed by atoms with van der Waals surface area (Å²) in [5.41, 5.74) is 0.578. The molecule has 0 saturated carbocycles. The highest BCUT2D eigenvalue weighted by Crippen LogP contribution is 2.19.